The van der Waals surface area contributed by atoms with Gasteiger partial charge in [0.2, 0.25) is 11.8 Å². The van der Waals surface area contributed by atoms with Gasteiger partial charge in [-0.3, -0.25) is 14.4 Å². The molecule has 0 fully saturated rings. The number of aromatic nitrogens is 2. The number of hydrogen-bond donors (Lipinski definition) is 3. The van der Waals surface area contributed by atoms with Gasteiger partial charge >= 0.3 is 5.97 Å². The van der Waals surface area contributed by atoms with Crippen molar-refractivity contribution < 1.29 is 19.1 Å². The highest BCUT2D eigenvalue weighted by molar-refractivity contribution is 6.32. The number of ether oxygens (including phenoxy) is 1. The quantitative estimate of drug-likeness (QED) is 0.215. The number of methoxy groups -OCH3 is 1. The first-order valence-electron chi connectivity index (χ1n) is 12.0. The summed E-state index contributed by atoms with van der Waals surface area (Å²) in [5.41, 5.74) is 2.94. The van der Waals surface area contributed by atoms with E-state index in [0.717, 1.165) is 5.56 Å². The molecule has 2 heterocycles. The predicted octanol–water partition coefficient (Wildman–Crippen LogP) is 5.65. The number of aromatic amines is 1. The molecule has 1 atom stereocenters. The van der Waals surface area contributed by atoms with E-state index < -0.39 is 12.0 Å². The minimum atomic E-state index is -0.500. The van der Waals surface area contributed by atoms with E-state index in [-0.39, 0.29) is 29.8 Å². The minimum Gasteiger partial charge on any atom is -0.469 e. The van der Waals surface area contributed by atoms with Crippen LogP contribution >= 0.6 is 23.2 Å². The lowest BCUT2D eigenvalue weighted by Gasteiger charge is -2.14. The maximum absolute atomic E-state index is 12.8. The number of fused-ring (bicyclic) bond motifs is 4. The van der Waals surface area contributed by atoms with Crippen LogP contribution in [0.15, 0.2) is 60.7 Å². The molecule has 0 unspecified atom stereocenters. The van der Waals surface area contributed by atoms with E-state index in [9.17, 15) is 14.4 Å². The number of carbonyl (C=O) groups is 3. The highest BCUT2D eigenvalue weighted by Gasteiger charge is 2.22. The van der Waals surface area contributed by atoms with Crippen molar-refractivity contribution in [2.75, 3.05) is 12.4 Å². The lowest BCUT2D eigenvalue weighted by molar-refractivity contribution is -0.139. The fraction of sp³-hybridized carbons (Fsp3) is 0.214. The Kier molecular flexibility index (Phi) is 8.99. The Morgan fingerprint density at radius 1 is 1.18 bits per heavy atom. The van der Waals surface area contributed by atoms with Crippen molar-refractivity contribution in [3.63, 3.8) is 0 Å². The number of hydrogen-bond acceptors (Lipinski definition) is 5. The van der Waals surface area contributed by atoms with Crippen molar-refractivity contribution >= 4 is 52.7 Å². The van der Waals surface area contributed by atoms with Crippen LogP contribution in [0.2, 0.25) is 10.2 Å². The van der Waals surface area contributed by atoms with Gasteiger partial charge < -0.3 is 20.4 Å². The average molecular weight is 553 g/mol. The van der Waals surface area contributed by atoms with E-state index in [4.69, 9.17) is 32.9 Å². The van der Waals surface area contributed by atoms with Gasteiger partial charge in [0.05, 0.1) is 25.3 Å². The maximum atomic E-state index is 12.8. The van der Waals surface area contributed by atoms with E-state index in [1.165, 1.54) is 13.2 Å². The smallest absolute Gasteiger partial charge is 0.309 e. The van der Waals surface area contributed by atoms with Crippen LogP contribution in [-0.2, 0) is 25.5 Å². The Hall–Kier alpha value is -3.88. The van der Waals surface area contributed by atoms with Gasteiger partial charge in [-0.1, -0.05) is 59.6 Å². The Morgan fingerprint density at radius 3 is 2.82 bits per heavy atom. The molecule has 3 aromatic rings. The lowest BCUT2D eigenvalue weighted by Crippen LogP contribution is -2.27. The number of benzene rings is 2. The minimum absolute atomic E-state index is 0.0543. The Morgan fingerprint density at radius 2 is 2.03 bits per heavy atom. The van der Waals surface area contributed by atoms with Crippen LogP contribution < -0.4 is 10.6 Å². The van der Waals surface area contributed by atoms with Gasteiger partial charge in [-0.2, -0.15) is 0 Å². The van der Waals surface area contributed by atoms with Crippen LogP contribution in [0.1, 0.15) is 42.3 Å². The summed E-state index contributed by atoms with van der Waals surface area (Å²) in [5, 5.41) is 6.71. The van der Waals surface area contributed by atoms with Crippen molar-refractivity contribution in [2.24, 2.45) is 0 Å². The molecule has 196 valence electrons. The molecule has 8 nitrogen and oxygen atoms in total. The van der Waals surface area contributed by atoms with Gasteiger partial charge in [0.15, 0.2) is 0 Å². The predicted molar refractivity (Wildman–Crippen MR) is 148 cm³/mol. The molecule has 0 saturated heterocycles. The van der Waals surface area contributed by atoms with E-state index in [1.807, 2.05) is 24.3 Å². The van der Waals surface area contributed by atoms with Crippen molar-refractivity contribution in [1.29, 1.82) is 0 Å². The number of H-pyrrole nitrogens is 1. The highest BCUT2D eigenvalue weighted by Crippen LogP contribution is 2.34. The van der Waals surface area contributed by atoms with Gasteiger partial charge in [-0.25, -0.2) is 4.98 Å². The number of allylic oxidation sites excluding steroid dienone is 1. The Bertz CT molecular complexity index is 1410. The molecule has 0 saturated carbocycles. The van der Waals surface area contributed by atoms with Crippen LogP contribution in [0.5, 0.6) is 0 Å². The molecule has 0 radical (unpaired) electrons. The number of anilines is 1. The number of amides is 2. The standard InChI is InChI=1S/C28H26Cl2N4O4/c1-38-25(37)16-18-10-12-20-22(15-18)32-23(35)9-4-2-3-8-21(28-33-26(20)27(30)34-28)31-24(36)13-11-17-6-5-7-19(29)14-17/h2-3,5-7,10-15,21H,4,8-9,16H2,1H3,(H,31,36)(H,32,35)(H,33,34)/b3-2+,13-11+/t21-/m0/s1. The molecule has 1 aliphatic heterocycles. The number of halogens is 2. The normalized spacial score (nSPS) is 16.4. The molecule has 10 heteroatoms. The van der Waals surface area contributed by atoms with E-state index in [0.29, 0.717) is 46.2 Å². The van der Waals surface area contributed by atoms with Crippen LogP contribution in [0.25, 0.3) is 17.3 Å². The van der Waals surface area contributed by atoms with Crippen LogP contribution in [0.4, 0.5) is 5.69 Å². The van der Waals surface area contributed by atoms with Gasteiger partial charge in [0.1, 0.15) is 16.7 Å². The number of carbonyl (C=O) groups excluding carboxylic acids is 3. The third kappa shape index (κ3) is 7.12. The zero-order chi connectivity index (χ0) is 27.1. The number of imidazole rings is 1. The Labute approximate surface area is 230 Å². The third-order valence-electron chi connectivity index (χ3n) is 5.87. The van der Waals surface area contributed by atoms with Crippen molar-refractivity contribution in [3.05, 3.63) is 87.8 Å². The summed E-state index contributed by atoms with van der Waals surface area (Å²) in [6.07, 6.45) is 8.16. The largest absolute Gasteiger partial charge is 0.469 e. The first kappa shape index (κ1) is 27.2. The van der Waals surface area contributed by atoms with Crippen molar-refractivity contribution in [2.45, 2.75) is 31.7 Å². The first-order valence-corrected chi connectivity index (χ1v) is 12.7. The lowest BCUT2D eigenvalue weighted by atomic mass is 10.0. The second-order valence-corrected chi connectivity index (χ2v) is 9.48. The van der Waals surface area contributed by atoms with Gasteiger partial charge in [-0.15, -0.1) is 0 Å². The molecule has 0 spiro atoms. The van der Waals surface area contributed by atoms with Crippen LogP contribution in [-0.4, -0.2) is 34.9 Å². The topological polar surface area (TPSA) is 113 Å². The van der Waals surface area contributed by atoms with Crippen LogP contribution in [0.3, 0.4) is 0 Å². The molecular weight excluding hydrogens is 527 g/mol. The highest BCUT2D eigenvalue weighted by atomic mass is 35.5. The molecule has 38 heavy (non-hydrogen) atoms. The summed E-state index contributed by atoms with van der Waals surface area (Å²) < 4.78 is 4.76. The Balaban J connectivity index is 1.65. The number of nitrogens with zero attached hydrogens (tertiary/aromatic N) is 1. The second-order valence-electron chi connectivity index (χ2n) is 8.66. The number of esters is 1. The molecule has 0 aliphatic carbocycles. The fourth-order valence-corrected chi connectivity index (χ4v) is 4.42. The molecule has 2 amide bonds. The maximum Gasteiger partial charge on any atom is 0.309 e. The van der Waals surface area contributed by atoms with Crippen molar-refractivity contribution in [1.82, 2.24) is 15.3 Å². The molecule has 1 aromatic heterocycles. The molecule has 2 aromatic carbocycles. The summed E-state index contributed by atoms with van der Waals surface area (Å²) in [4.78, 5) is 44.9. The summed E-state index contributed by atoms with van der Waals surface area (Å²) >= 11 is 12.6. The monoisotopic (exact) mass is 552 g/mol. The zero-order valence-electron chi connectivity index (χ0n) is 20.6. The summed E-state index contributed by atoms with van der Waals surface area (Å²) in [7, 11) is 1.32. The van der Waals surface area contributed by atoms with Gasteiger partial charge in [-0.05, 0) is 48.2 Å². The van der Waals surface area contributed by atoms with Crippen LogP contribution in [0, 0.1) is 0 Å². The molecule has 1 aliphatic rings. The summed E-state index contributed by atoms with van der Waals surface area (Å²) in [5.74, 6) is -0.428. The molecule has 2 bridgehead atoms. The van der Waals surface area contributed by atoms with Gasteiger partial charge in [0, 0.05) is 23.1 Å². The fourth-order valence-electron chi connectivity index (χ4n) is 3.98. The first-order chi connectivity index (χ1) is 18.3. The second kappa shape index (κ2) is 12.6. The zero-order valence-corrected chi connectivity index (χ0v) is 22.1. The third-order valence-corrected chi connectivity index (χ3v) is 6.37. The van der Waals surface area contributed by atoms with Gasteiger partial charge in [0.25, 0.3) is 0 Å². The molecule has 4 rings (SSSR count). The molecular formula is C28H26Cl2N4O4. The van der Waals surface area contributed by atoms with E-state index >= 15 is 0 Å². The van der Waals surface area contributed by atoms with E-state index in [2.05, 4.69) is 15.6 Å². The van der Waals surface area contributed by atoms with Crippen molar-refractivity contribution in [3.8, 4) is 11.3 Å². The SMILES string of the molecule is COC(=O)Cc1ccc2c(c1)NC(=O)CC/C=C/C[C@H](NC(=O)/C=C/c1cccc(Cl)c1)c1nc-2c(Cl)[nH]1. The summed E-state index contributed by atoms with van der Waals surface area (Å²) in [6.45, 7) is 0. The molecule has 3 N–H and O–H groups in total. The number of nitrogens with one attached hydrogen (secondary N) is 3. The number of rotatable bonds is 5. The van der Waals surface area contributed by atoms with E-state index in [1.54, 1.807) is 36.4 Å². The average Bonchev–Trinajstić information content (AvgIpc) is 3.27. The summed E-state index contributed by atoms with van der Waals surface area (Å²) in [6, 6.07) is 11.9.